The number of ketones is 1. The van der Waals surface area contributed by atoms with Crippen molar-refractivity contribution >= 4 is 23.1 Å². The lowest BCUT2D eigenvalue weighted by molar-refractivity contribution is -0.139. The van der Waals surface area contributed by atoms with E-state index in [1.807, 2.05) is 30.3 Å². The number of pyridine rings is 1. The molecule has 1 aromatic heterocycles. The van der Waals surface area contributed by atoms with Crippen molar-refractivity contribution < 1.29 is 14.7 Å². The number of amides is 1. The van der Waals surface area contributed by atoms with E-state index < -0.39 is 29.4 Å². The Balaban J connectivity index is 1.52. The molecule has 2 saturated carbocycles. The molecule has 2 aromatic rings. The second kappa shape index (κ2) is 10.2. The van der Waals surface area contributed by atoms with E-state index in [1.54, 1.807) is 25.4 Å². The maximum absolute atomic E-state index is 14.2. The highest BCUT2D eigenvalue weighted by Crippen LogP contribution is 2.40. The van der Waals surface area contributed by atoms with Crippen molar-refractivity contribution in [3.63, 3.8) is 0 Å². The number of aliphatic hydroxyl groups excluding tert-OH is 1. The summed E-state index contributed by atoms with van der Waals surface area (Å²) in [6.07, 6.45) is 9.74. The molecule has 0 saturated heterocycles. The zero-order valence-corrected chi connectivity index (χ0v) is 21.0. The van der Waals surface area contributed by atoms with E-state index in [0.717, 1.165) is 19.3 Å². The topological polar surface area (TPSA) is 109 Å². The van der Waals surface area contributed by atoms with E-state index in [-0.39, 0.29) is 0 Å². The zero-order valence-electron chi connectivity index (χ0n) is 21.0. The Bertz CT molecular complexity index is 1140. The molecule has 7 heteroatoms. The fourth-order valence-corrected chi connectivity index (χ4v) is 5.82. The number of nitrogens with zero attached hydrogens (tertiary/aromatic N) is 3. The third-order valence-electron chi connectivity index (χ3n) is 8.15. The lowest BCUT2D eigenvalue weighted by atomic mass is 9.82. The van der Waals surface area contributed by atoms with Gasteiger partial charge in [-0.2, -0.15) is 0 Å². The van der Waals surface area contributed by atoms with Crippen LogP contribution in [0.3, 0.4) is 0 Å². The highest BCUT2D eigenvalue weighted by molar-refractivity contribution is 6.25. The van der Waals surface area contributed by atoms with Gasteiger partial charge in [-0.25, -0.2) is 4.99 Å². The SMILES string of the molecule is CN1C(=O)C(N)(C(=O)[C@H](CC2CC2)[C@@H](O)CCC2CCCC2)N=C(c2ccccn2)c2ccccc21. The number of hydrogen-bond donors (Lipinski definition) is 2. The van der Waals surface area contributed by atoms with Crippen LogP contribution in [0.15, 0.2) is 53.7 Å². The van der Waals surface area contributed by atoms with Crippen molar-refractivity contribution in [2.24, 2.45) is 28.5 Å². The first-order valence-corrected chi connectivity index (χ1v) is 13.3. The molecule has 190 valence electrons. The van der Waals surface area contributed by atoms with Gasteiger partial charge in [0, 0.05) is 24.7 Å². The number of aromatic nitrogens is 1. The zero-order chi connectivity index (χ0) is 25.3. The Morgan fingerprint density at radius 1 is 1.11 bits per heavy atom. The Hall–Kier alpha value is -2.90. The normalized spacial score (nSPS) is 24.1. The lowest BCUT2D eigenvalue weighted by Gasteiger charge is -2.32. The molecule has 1 amide bonds. The highest BCUT2D eigenvalue weighted by atomic mass is 16.3. The van der Waals surface area contributed by atoms with Gasteiger partial charge in [0.2, 0.25) is 5.66 Å². The predicted molar refractivity (Wildman–Crippen MR) is 140 cm³/mol. The first kappa shape index (κ1) is 24.8. The molecule has 3 aliphatic rings. The second-order valence-electron chi connectivity index (χ2n) is 10.8. The van der Waals surface area contributed by atoms with E-state index in [0.29, 0.717) is 47.3 Å². The molecule has 7 nitrogen and oxygen atoms in total. The number of hydrogen-bond acceptors (Lipinski definition) is 6. The minimum Gasteiger partial charge on any atom is -0.392 e. The largest absolute Gasteiger partial charge is 0.392 e. The Morgan fingerprint density at radius 2 is 1.83 bits per heavy atom. The quantitative estimate of drug-likeness (QED) is 0.521. The predicted octanol–water partition coefficient (Wildman–Crippen LogP) is 3.87. The van der Waals surface area contributed by atoms with Gasteiger partial charge in [0.1, 0.15) is 0 Å². The summed E-state index contributed by atoms with van der Waals surface area (Å²) in [4.78, 5) is 38.6. The highest BCUT2D eigenvalue weighted by Gasteiger charge is 2.51. The number of rotatable bonds is 9. The number of aliphatic hydroxyl groups is 1. The fourth-order valence-electron chi connectivity index (χ4n) is 5.82. The van der Waals surface area contributed by atoms with Crippen molar-refractivity contribution in [3.05, 3.63) is 59.9 Å². The van der Waals surface area contributed by atoms with Crippen LogP contribution in [0.5, 0.6) is 0 Å². The van der Waals surface area contributed by atoms with Crippen LogP contribution in [0.2, 0.25) is 0 Å². The van der Waals surface area contributed by atoms with Crippen molar-refractivity contribution in [3.8, 4) is 0 Å². The monoisotopic (exact) mass is 488 g/mol. The molecule has 0 spiro atoms. The number of benzene rings is 1. The minimum atomic E-state index is -2.14. The summed E-state index contributed by atoms with van der Waals surface area (Å²) in [5, 5.41) is 11.3. The van der Waals surface area contributed by atoms with E-state index in [2.05, 4.69) is 4.98 Å². The number of Topliss-reactive ketones (excluding diaryl/α,β-unsaturated/α-hetero) is 1. The van der Waals surface area contributed by atoms with E-state index in [1.165, 1.54) is 30.6 Å². The van der Waals surface area contributed by atoms with Crippen LogP contribution in [0.1, 0.15) is 69.0 Å². The van der Waals surface area contributed by atoms with Crippen molar-refractivity contribution in [2.45, 2.75) is 69.6 Å². The summed E-state index contributed by atoms with van der Waals surface area (Å²) in [7, 11) is 1.62. The molecule has 1 unspecified atom stereocenters. The maximum atomic E-state index is 14.2. The van der Waals surface area contributed by atoms with E-state index in [9.17, 15) is 14.7 Å². The number of benzodiazepines with no additional fused rings is 1. The summed E-state index contributed by atoms with van der Waals surface area (Å²) in [5.41, 5.74) is 6.84. The Kier molecular flexibility index (Phi) is 7.04. The number of likely N-dealkylation sites (N-methyl/N-ethyl adjacent to an activating group) is 1. The van der Waals surface area contributed by atoms with Crippen molar-refractivity contribution in [1.29, 1.82) is 0 Å². The molecular weight excluding hydrogens is 452 g/mol. The minimum absolute atomic E-state index is 0.388. The molecule has 2 heterocycles. The average molecular weight is 489 g/mol. The van der Waals surface area contributed by atoms with Crippen LogP contribution in [0.4, 0.5) is 5.69 Å². The average Bonchev–Trinajstić information content (AvgIpc) is 3.60. The third-order valence-corrected chi connectivity index (χ3v) is 8.15. The standard InChI is InChI=1S/C29H36N4O3/c1-33-24-12-5-4-10-21(24)26(23-11-6-7-17-31-23)32-29(30,28(33)36)27(35)22(18-20-13-14-20)25(34)16-15-19-8-2-3-9-19/h4-7,10-12,17,19-20,22,25,34H,2-3,8-9,13-16,18,30H2,1H3/t22-,25+,29?/m1/s1. The number of nitrogens with two attached hydrogens (primary N) is 1. The van der Waals surface area contributed by atoms with Gasteiger partial charge in [-0.05, 0) is 49.3 Å². The van der Waals surface area contributed by atoms with Gasteiger partial charge in [-0.15, -0.1) is 0 Å². The van der Waals surface area contributed by atoms with Crippen LogP contribution < -0.4 is 10.6 Å². The first-order chi connectivity index (χ1) is 17.4. The molecule has 2 aliphatic carbocycles. The summed E-state index contributed by atoms with van der Waals surface area (Å²) in [5.74, 6) is -0.812. The van der Waals surface area contributed by atoms with Crippen LogP contribution >= 0.6 is 0 Å². The van der Waals surface area contributed by atoms with Crippen molar-refractivity contribution in [1.82, 2.24) is 4.98 Å². The second-order valence-corrected chi connectivity index (χ2v) is 10.8. The molecule has 1 aromatic carbocycles. The number of carbonyl (C=O) groups excluding carboxylic acids is 2. The van der Waals surface area contributed by atoms with E-state index >= 15 is 0 Å². The Morgan fingerprint density at radius 3 is 2.53 bits per heavy atom. The first-order valence-electron chi connectivity index (χ1n) is 13.3. The van der Waals surface area contributed by atoms with Gasteiger partial charge in [0.25, 0.3) is 5.91 Å². The lowest BCUT2D eigenvalue weighted by Crippen LogP contribution is -2.61. The number of para-hydroxylation sites is 1. The number of anilines is 1. The molecule has 0 radical (unpaired) electrons. The van der Waals surface area contributed by atoms with Crippen molar-refractivity contribution in [2.75, 3.05) is 11.9 Å². The molecule has 2 fully saturated rings. The van der Waals surface area contributed by atoms with Gasteiger partial charge in [-0.1, -0.05) is 62.8 Å². The molecule has 3 atom stereocenters. The maximum Gasteiger partial charge on any atom is 0.277 e. The van der Waals surface area contributed by atoms with Gasteiger partial charge in [0.15, 0.2) is 5.78 Å². The number of fused-ring (bicyclic) bond motifs is 1. The molecule has 1 aliphatic heterocycles. The summed E-state index contributed by atoms with van der Waals surface area (Å²) in [6, 6.07) is 12.8. The molecule has 5 rings (SSSR count). The molecule has 0 bridgehead atoms. The van der Waals surface area contributed by atoms with Crippen LogP contribution in [0.25, 0.3) is 0 Å². The smallest absolute Gasteiger partial charge is 0.277 e. The van der Waals surface area contributed by atoms with Gasteiger partial charge in [0.05, 0.1) is 23.2 Å². The summed E-state index contributed by atoms with van der Waals surface area (Å²) >= 11 is 0. The Labute approximate surface area is 212 Å². The number of carbonyl (C=O) groups is 2. The van der Waals surface area contributed by atoms with Gasteiger partial charge < -0.3 is 10.0 Å². The fraction of sp³-hybridized carbons (Fsp3) is 0.517. The number of aliphatic imine (C=N–C) groups is 1. The molecular formula is C29H36N4O3. The summed E-state index contributed by atoms with van der Waals surface area (Å²) in [6.45, 7) is 0. The molecule has 36 heavy (non-hydrogen) atoms. The van der Waals surface area contributed by atoms with E-state index in [4.69, 9.17) is 10.7 Å². The van der Waals surface area contributed by atoms with Crippen LogP contribution in [-0.4, -0.2) is 46.3 Å². The van der Waals surface area contributed by atoms with Crippen LogP contribution in [0, 0.1) is 17.8 Å². The third kappa shape index (κ3) is 4.87. The van der Waals surface area contributed by atoms with Gasteiger partial charge in [-0.3, -0.25) is 20.3 Å². The molecule has 3 N–H and O–H groups in total. The van der Waals surface area contributed by atoms with Crippen LogP contribution in [-0.2, 0) is 9.59 Å². The van der Waals surface area contributed by atoms with Gasteiger partial charge >= 0.3 is 0 Å². The summed E-state index contributed by atoms with van der Waals surface area (Å²) < 4.78 is 0.